The number of piperidine rings is 1. The van der Waals surface area contributed by atoms with Gasteiger partial charge in [0.1, 0.15) is 0 Å². The lowest BCUT2D eigenvalue weighted by atomic mass is 9.96. The van der Waals surface area contributed by atoms with Gasteiger partial charge in [0.05, 0.1) is 12.0 Å². The largest absolute Gasteiger partial charge is 0.393 e. The Kier molecular flexibility index (Phi) is 4.55. The van der Waals surface area contributed by atoms with E-state index in [0.717, 1.165) is 0 Å². The third-order valence-corrected chi connectivity index (χ3v) is 3.09. The molecule has 3 amide bonds. The van der Waals surface area contributed by atoms with E-state index in [4.69, 9.17) is 5.73 Å². The Morgan fingerprint density at radius 2 is 2.06 bits per heavy atom. The number of nitrogens with one attached hydrogen (secondary N) is 1. The molecule has 2 atom stereocenters. The van der Waals surface area contributed by atoms with Crippen LogP contribution in [0.15, 0.2) is 0 Å². The summed E-state index contributed by atoms with van der Waals surface area (Å²) in [6.07, 6.45) is -3.80. The average Bonchev–Trinajstić information content (AvgIpc) is 2.26. The van der Waals surface area contributed by atoms with Crippen LogP contribution >= 0.6 is 0 Å². The molecule has 5 nitrogen and oxygen atoms in total. The van der Waals surface area contributed by atoms with Crippen LogP contribution in [0, 0.1) is 5.92 Å². The molecule has 0 aromatic heterocycles. The number of nitrogens with zero attached hydrogens (tertiary/aromatic N) is 1. The predicted molar refractivity (Wildman–Crippen MR) is 57.5 cm³/mol. The summed E-state index contributed by atoms with van der Waals surface area (Å²) < 4.78 is 37.8. The van der Waals surface area contributed by atoms with Gasteiger partial charge in [0.2, 0.25) is 5.91 Å². The number of carbonyl (C=O) groups is 2. The molecule has 1 heterocycles. The van der Waals surface area contributed by atoms with Crippen LogP contribution in [0.3, 0.4) is 0 Å². The van der Waals surface area contributed by atoms with Crippen molar-refractivity contribution in [3.63, 3.8) is 0 Å². The second kappa shape index (κ2) is 5.55. The fourth-order valence-corrected chi connectivity index (χ4v) is 2.02. The van der Waals surface area contributed by atoms with Crippen molar-refractivity contribution in [2.24, 2.45) is 11.7 Å². The van der Waals surface area contributed by atoms with Crippen molar-refractivity contribution in [2.45, 2.75) is 32.0 Å². The highest BCUT2D eigenvalue weighted by atomic mass is 19.4. The maximum absolute atomic E-state index is 12.6. The SMILES string of the molecule is C[C@@H](C(=O)NC(N)=O)N1CCC[C@H](C(F)(F)F)C1. The van der Waals surface area contributed by atoms with E-state index < -0.39 is 30.1 Å². The lowest BCUT2D eigenvalue weighted by molar-refractivity contribution is -0.188. The van der Waals surface area contributed by atoms with Gasteiger partial charge in [-0.15, -0.1) is 0 Å². The van der Waals surface area contributed by atoms with E-state index in [9.17, 15) is 22.8 Å². The maximum Gasteiger partial charge on any atom is 0.393 e. The number of alkyl halides is 3. The van der Waals surface area contributed by atoms with Gasteiger partial charge in [0.15, 0.2) is 0 Å². The van der Waals surface area contributed by atoms with E-state index in [2.05, 4.69) is 0 Å². The van der Waals surface area contributed by atoms with E-state index in [0.29, 0.717) is 13.0 Å². The first-order valence-corrected chi connectivity index (χ1v) is 5.63. The fourth-order valence-electron chi connectivity index (χ4n) is 2.02. The Balaban J connectivity index is 2.61. The van der Waals surface area contributed by atoms with Crippen molar-refractivity contribution in [1.29, 1.82) is 0 Å². The smallest absolute Gasteiger partial charge is 0.351 e. The minimum atomic E-state index is -4.25. The Morgan fingerprint density at radius 1 is 1.44 bits per heavy atom. The second-order valence-corrected chi connectivity index (χ2v) is 4.41. The molecule has 0 radical (unpaired) electrons. The summed E-state index contributed by atoms with van der Waals surface area (Å²) in [5.74, 6) is -2.10. The molecule has 1 rings (SSSR count). The molecular weight excluding hydrogens is 251 g/mol. The highest BCUT2D eigenvalue weighted by Crippen LogP contribution is 2.33. The molecule has 1 aliphatic rings. The first-order valence-electron chi connectivity index (χ1n) is 5.63. The highest BCUT2D eigenvalue weighted by Gasteiger charge is 2.43. The lowest BCUT2D eigenvalue weighted by Gasteiger charge is -2.36. The van der Waals surface area contributed by atoms with Gasteiger partial charge in [-0.05, 0) is 26.3 Å². The summed E-state index contributed by atoms with van der Waals surface area (Å²) >= 11 is 0. The van der Waals surface area contributed by atoms with Crippen LogP contribution in [0.5, 0.6) is 0 Å². The number of amides is 3. The van der Waals surface area contributed by atoms with Gasteiger partial charge in [-0.25, -0.2) is 4.79 Å². The number of hydrogen-bond donors (Lipinski definition) is 2. The Morgan fingerprint density at radius 3 is 2.56 bits per heavy atom. The molecule has 1 aliphatic heterocycles. The number of halogens is 3. The number of primary amides is 1. The van der Waals surface area contributed by atoms with Crippen LogP contribution in [-0.2, 0) is 4.79 Å². The molecule has 18 heavy (non-hydrogen) atoms. The molecule has 0 unspecified atom stereocenters. The van der Waals surface area contributed by atoms with E-state index in [1.54, 1.807) is 0 Å². The van der Waals surface area contributed by atoms with Crippen molar-refractivity contribution < 1.29 is 22.8 Å². The van der Waals surface area contributed by atoms with E-state index in [1.165, 1.54) is 11.8 Å². The summed E-state index contributed by atoms with van der Waals surface area (Å²) in [7, 11) is 0. The van der Waals surface area contributed by atoms with Crippen molar-refractivity contribution >= 4 is 11.9 Å². The summed E-state index contributed by atoms with van der Waals surface area (Å²) in [6, 6.07) is -1.81. The number of urea groups is 1. The van der Waals surface area contributed by atoms with Crippen LogP contribution in [0.1, 0.15) is 19.8 Å². The van der Waals surface area contributed by atoms with Gasteiger partial charge < -0.3 is 5.73 Å². The molecule has 104 valence electrons. The normalized spacial score (nSPS) is 23.4. The third kappa shape index (κ3) is 3.86. The van der Waals surface area contributed by atoms with Crippen LogP contribution in [-0.4, -0.2) is 42.1 Å². The molecule has 0 bridgehead atoms. The van der Waals surface area contributed by atoms with E-state index in [1.807, 2.05) is 5.32 Å². The predicted octanol–water partition coefficient (Wildman–Crippen LogP) is 0.844. The molecule has 0 spiro atoms. The molecular formula is C10H16F3N3O2. The second-order valence-electron chi connectivity index (χ2n) is 4.41. The van der Waals surface area contributed by atoms with Crippen molar-refractivity contribution in [2.75, 3.05) is 13.1 Å². The number of likely N-dealkylation sites (tertiary alicyclic amines) is 1. The molecule has 1 fully saturated rings. The first kappa shape index (κ1) is 14.7. The van der Waals surface area contributed by atoms with Crippen molar-refractivity contribution in [3.05, 3.63) is 0 Å². The molecule has 3 N–H and O–H groups in total. The van der Waals surface area contributed by atoms with E-state index >= 15 is 0 Å². The highest BCUT2D eigenvalue weighted by molar-refractivity contribution is 5.96. The van der Waals surface area contributed by atoms with Crippen LogP contribution in [0.2, 0.25) is 0 Å². The van der Waals surface area contributed by atoms with Gasteiger partial charge >= 0.3 is 12.2 Å². The first-order chi connectivity index (χ1) is 8.21. The maximum atomic E-state index is 12.6. The van der Waals surface area contributed by atoms with Crippen LogP contribution in [0.4, 0.5) is 18.0 Å². The minimum Gasteiger partial charge on any atom is -0.351 e. The van der Waals surface area contributed by atoms with Crippen molar-refractivity contribution in [3.8, 4) is 0 Å². The zero-order valence-corrected chi connectivity index (χ0v) is 9.96. The Bertz CT molecular complexity index is 333. The molecule has 0 aromatic rings. The van der Waals surface area contributed by atoms with Gasteiger partial charge in [0.25, 0.3) is 0 Å². The number of hydrogen-bond acceptors (Lipinski definition) is 3. The monoisotopic (exact) mass is 267 g/mol. The van der Waals surface area contributed by atoms with Crippen LogP contribution < -0.4 is 11.1 Å². The fraction of sp³-hybridized carbons (Fsp3) is 0.800. The van der Waals surface area contributed by atoms with E-state index in [-0.39, 0.29) is 13.0 Å². The van der Waals surface area contributed by atoms with Crippen LogP contribution in [0.25, 0.3) is 0 Å². The zero-order valence-electron chi connectivity index (χ0n) is 9.96. The number of nitrogens with two attached hydrogens (primary N) is 1. The Hall–Kier alpha value is -1.31. The van der Waals surface area contributed by atoms with Gasteiger partial charge in [-0.1, -0.05) is 0 Å². The topological polar surface area (TPSA) is 75.4 Å². The van der Waals surface area contributed by atoms with Gasteiger partial charge in [-0.3, -0.25) is 15.0 Å². The lowest BCUT2D eigenvalue weighted by Crippen LogP contribution is -2.52. The number of imide groups is 1. The minimum absolute atomic E-state index is 0.0736. The molecule has 0 aliphatic carbocycles. The molecule has 0 saturated carbocycles. The van der Waals surface area contributed by atoms with Gasteiger partial charge in [-0.2, -0.15) is 13.2 Å². The number of rotatable bonds is 2. The van der Waals surface area contributed by atoms with Crippen molar-refractivity contribution in [1.82, 2.24) is 10.2 Å². The quantitative estimate of drug-likeness (QED) is 0.778. The van der Waals surface area contributed by atoms with Gasteiger partial charge in [0, 0.05) is 6.54 Å². The average molecular weight is 267 g/mol. The standard InChI is InChI=1S/C10H16F3N3O2/c1-6(8(17)15-9(14)18)16-4-2-3-7(5-16)10(11,12)13/h6-7H,2-5H2,1H3,(H3,14,15,17,18)/t6-,7-/m0/s1. The number of carbonyl (C=O) groups excluding carboxylic acids is 2. The summed E-state index contributed by atoms with van der Waals surface area (Å²) in [5.41, 5.74) is 4.79. The summed E-state index contributed by atoms with van der Waals surface area (Å²) in [6.45, 7) is 1.63. The molecule has 0 aromatic carbocycles. The molecule has 1 saturated heterocycles. The third-order valence-electron chi connectivity index (χ3n) is 3.09. The summed E-state index contributed by atoms with van der Waals surface area (Å²) in [5, 5.41) is 1.87. The summed E-state index contributed by atoms with van der Waals surface area (Å²) in [4.78, 5) is 23.4. The Labute approximate surface area is 102 Å². The zero-order chi connectivity index (χ0) is 13.9. The molecule has 8 heteroatoms.